The summed E-state index contributed by atoms with van der Waals surface area (Å²) in [5.41, 5.74) is 1.15. The SMILES string of the molecule is CCN(CC)CCNC(=O)c1nc([C@@H]2CCCN(S(C)(=O)=O)C2)n2ccccc12. The lowest BCUT2D eigenvalue weighted by Gasteiger charge is -2.30. The molecule has 1 saturated heterocycles. The van der Waals surface area contributed by atoms with Crippen LogP contribution in [0.5, 0.6) is 0 Å². The second-order valence-electron chi connectivity index (χ2n) is 7.52. The normalized spacial score (nSPS) is 18.4. The highest BCUT2D eigenvalue weighted by molar-refractivity contribution is 7.88. The number of hydrogen-bond acceptors (Lipinski definition) is 5. The van der Waals surface area contributed by atoms with Gasteiger partial charge in [-0.2, -0.15) is 0 Å². The third kappa shape index (κ3) is 4.96. The number of hydrogen-bond donors (Lipinski definition) is 1. The summed E-state index contributed by atoms with van der Waals surface area (Å²) in [5.74, 6) is 0.524. The maximum atomic E-state index is 12.8. The van der Waals surface area contributed by atoms with Crippen LogP contribution >= 0.6 is 0 Å². The first-order valence-corrected chi connectivity index (χ1v) is 12.1. The van der Waals surface area contributed by atoms with Gasteiger partial charge in [0.05, 0.1) is 11.8 Å². The summed E-state index contributed by atoms with van der Waals surface area (Å²) in [5, 5.41) is 2.98. The van der Waals surface area contributed by atoms with Gasteiger partial charge in [0.2, 0.25) is 10.0 Å². The van der Waals surface area contributed by atoms with E-state index in [0.717, 1.165) is 43.8 Å². The monoisotopic (exact) mass is 421 g/mol. The Labute approximate surface area is 172 Å². The van der Waals surface area contributed by atoms with Crippen molar-refractivity contribution in [1.29, 1.82) is 0 Å². The molecule has 3 heterocycles. The van der Waals surface area contributed by atoms with Gasteiger partial charge in [-0.05, 0) is 38.1 Å². The van der Waals surface area contributed by atoms with Crippen LogP contribution in [0.2, 0.25) is 0 Å². The fourth-order valence-electron chi connectivity index (χ4n) is 3.92. The first-order chi connectivity index (χ1) is 13.8. The second kappa shape index (κ2) is 9.23. The number of pyridine rings is 1. The standard InChI is InChI=1S/C20H31N5O3S/c1-4-23(5-2)14-11-21-20(26)18-17-10-6-7-13-25(17)19(22-18)16-9-8-12-24(15-16)29(3,27)28/h6-7,10,13,16H,4-5,8-9,11-12,14-15H2,1-3H3,(H,21,26)/t16-/m1/s1. The Hall–Kier alpha value is -1.97. The number of carbonyl (C=O) groups excluding carboxylic acids is 1. The van der Waals surface area contributed by atoms with Gasteiger partial charge in [-0.15, -0.1) is 0 Å². The summed E-state index contributed by atoms with van der Waals surface area (Å²) in [7, 11) is -3.24. The van der Waals surface area contributed by atoms with E-state index in [2.05, 4.69) is 29.0 Å². The molecule has 8 nitrogen and oxygen atoms in total. The predicted octanol–water partition coefficient (Wildman–Crippen LogP) is 1.54. The van der Waals surface area contributed by atoms with Gasteiger partial charge in [-0.25, -0.2) is 17.7 Å². The predicted molar refractivity (Wildman–Crippen MR) is 114 cm³/mol. The fraction of sp³-hybridized carbons (Fsp3) is 0.600. The minimum atomic E-state index is -3.24. The number of carbonyl (C=O) groups is 1. The molecule has 1 aliphatic rings. The van der Waals surface area contributed by atoms with Crippen LogP contribution in [-0.4, -0.2) is 78.4 Å². The van der Waals surface area contributed by atoms with E-state index in [1.807, 2.05) is 28.8 Å². The van der Waals surface area contributed by atoms with Gasteiger partial charge in [0, 0.05) is 38.3 Å². The van der Waals surface area contributed by atoms with Crippen molar-refractivity contribution in [2.75, 3.05) is 45.5 Å². The van der Waals surface area contributed by atoms with E-state index in [9.17, 15) is 13.2 Å². The van der Waals surface area contributed by atoms with Crippen LogP contribution in [0, 0.1) is 0 Å². The summed E-state index contributed by atoms with van der Waals surface area (Å²) in [4.78, 5) is 19.8. The zero-order valence-electron chi connectivity index (χ0n) is 17.5. The lowest BCUT2D eigenvalue weighted by atomic mass is 9.99. The Balaban J connectivity index is 1.83. The zero-order valence-corrected chi connectivity index (χ0v) is 18.3. The molecular weight excluding hydrogens is 390 g/mol. The maximum Gasteiger partial charge on any atom is 0.272 e. The van der Waals surface area contributed by atoms with Crippen molar-refractivity contribution < 1.29 is 13.2 Å². The molecule has 2 aromatic rings. The number of rotatable bonds is 8. The number of sulfonamides is 1. The first-order valence-electron chi connectivity index (χ1n) is 10.3. The van der Waals surface area contributed by atoms with Crippen molar-refractivity contribution in [3.8, 4) is 0 Å². The quantitative estimate of drug-likeness (QED) is 0.699. The van der Waals surface area contributed by atoms with Crippen LogP contribution in [0.4, 0.5) is 0 Å². The number of aromatic nitrogens is 2. The van der Waals surface area contributed by atoms with Gasteiger partial charge < -0.3 is 14.6 Å². The number of imidazole rings is 1. The lowest BCUT2D eigenvalue weighted by Crippen LogP contribution is -2.38. The zero-order chi connectivity index (χ0) is 21.0. The van der Waals surface area contributed by atoms with Gasteiger partial charge >= 0.3 is 0 Å². The molecule has 0 aliphatic carbocycles. The summed E-state index contributed by atoms with van der Waals surface area (Å²) >= 11 is 0. The molecule has 29 heavy (non-hydrogen) atoms. The first kappa shape index (κ1) is 21.7. The smallest absolute Gasteiger partial charge is 0.272 e. The molecule has 0 unspecified atom stereocenters. The highest BCUT2D eigenvalue weighted by atomic mass is 32.2. The molecule has 1 atom stereocenters. The molecule has 2 aromatic heterocycles. The van der Waals surface area contributed by atoms with Crippen molar-refractivity contribution in [3.05, 3.63) is 35.9 Å². The molecule has 0 aromatic carbocycles. The lowest BCUT2D eigenvalue weighted by molar-refractivity contribution is 0.0946. The number of amides is 1. The van der Waals surface area contributed by atoms with E-state index in [-0.39, 0.29) is 11.8 Å². The molecule has 160 valence electrons. The van der Waals surface area contributed by atoms with Crippen LogP contribution < -0.4 is 5.32 Å². The third-order valence-corrected chi connectivity index (χ3v) is 6.89. The summed E-state index contributed by atoms with van der Waals surface area (Å²) in [6, 6.07) is 5.67. The molecule has 3 rings (SSSR count). The third-order valence-electron chi connectivity index (χ3n) is 5.62. The summed E-state index contributed by atoms with van der Waals surface area (Å²) < 4.78 is 27.4. The number of nitrogens with zero attached hydrogens (tertiary/aromatic N) is 4. The van der Waals surface area contributed by atoms with Crippen molar-refractivity contribution in [2.24, 2.45) is 0 Å². The van der Waals surface area contributed by atoms with Gasteiger partial charge in [0.15, 0.2) is 5.69 Å². The summed E-state index contributed by atoms with van der Waals surface area (Å²) in [6.45, 7) is 8.39. The molecule has 0 spiro atoms. The van der Waals surface area contributed by atoms with Gasteiger partial charge in [0.1, 0.15) is 5.82 Å². The number of piperidine rings is 1. The maximum absolute atomic E-state index is 12.8. The highest BCUT2D eigenvalue weighted by Gasteiger charge is 2.30. The van der Waals surface area contributed by atoms with E-state index in [1.54, 1.807) is 0 Å². The molecule has 1 amide bonds. The van der Waals surface area contributed by atoms with Gasteiger partial charge in [-0.1, -0.05) is 19.9 Å². The molecule has 1 aliphatic heterocycles. The molecule has 0 saturated carbocycles. The molecule has 1 N–H and O–H groups in total. The summed E-state index contributed by atoms with van der Waals surface area (Å²) in [6.07, 6.45) is 4.77. The molecule has 1 fully saturated rings. The molecular formula is C20H31N5O3S. The van der Waals surface area contributed by atoms with Crippen LogP contribution in [0.15, 0.2) is 24.4 Å². The second-order valence-corrected chi connectivity index (χ2v) is 9.50. The van der Waals surface area contributed by atoms with Gasteiger partial charge in [0.25, 0.3) is 5.91 Å². The Morgan fingerprint density at radius 3 is 2.76 bits per heavy atom. The van der Waals surface area contributed by atoms with Crippen molar-refractivity contribution in [3.63, 3.8) is 0 Å². The van der Waals surface area contributed by atoms with Crippen molar-refractivity contribution in [2.45, 2.75) is 32.6 Å². The van der Waals surface area contributed by atoms with Crippen LogP contribution in [0.25, 0.3) is 5.52 Å². The molecule has 9 heteroatoms. The Bertz CT molecular complexity index is 952. The highest BCUT2D eigenvalue weighted by Crippen LogP contribution is 2.29. The van der Waals surface area contributed by atoms with E-state index >= 15 is 0 Å². The fourth-order valence-corrected chi connectivity index (χ4v) is 4.83. The topological polar surface area (TPSA) is 87.0 Å². The van der Waals surface area contributed by atoms with Crippen LogP contribution in [0.3, 0.4) is 0 Å². The van der Waals surface area contributed by atoms with Crippen LogP contribution in [0.1, 0.15) is 48.9 Å². The molecule has 0 bridgehead atoms. The Kier molecular flexibility index (Phi) is 6.92. The van der Waals surface area contributed by atoms with E-state index in [0.29, 0.717) is 25.3 Å². The van der Waals surface area contributed by atoms with Crippen LogP contribution in [-0.2, 0) is 10.0 Å². The average molecular weight is 422 g/mol. The van der Waals surface area contributed by atoms with Gasteiger partial charge in [-0.3, -0.25) is 4.79 Å². The van der Waals surface area contributed by atoms with E-state index in [1.165, 1.54) is 10.6 Å². The number of nitrogens with one attached hydrogen (secondary N) is 1. The Morgan fingerprint density at radius 1 is 1.31 bits per heavy atom. The Morgan fingerprint density at radius 2 is 2.07 bits per heavy atom. The van der Waals surface area contributed by atoms with E-state index < -0.39 is 10.0 Å². The van der Waals surface area contributed by atoms with Crippen molar-refractivity contribution >= 4 is 21.4 Å². The minimum absolute atomic E-state index is 0.0365. The largest absolute Gasteiger partial charge is 0.349 e. The molecule has 0 radical (unpaired) electrons. The van der Waals surface area contributed by atoms with Crippen molar-refractivity contribution in [1.82, 2.24) is 23.9 Å². The average Bonchev–Trinajstić information content (AvgIpc) is 3.10. The number of likely N-dealkylation sites (N-methyl/N-ethyl adjacent to an activating group) is 1. The minimum Gasteiger partial charge on any atom is -0.349 e. The van der Waals surface area contributed by atoms with E-state index in [4.69, 9.17) is 0 Å². The number of fused-ring (bicyclic) bond motifs is 1.